The lowest BCUT2D eigenvalue weighted by Crippen LogP contribution is -2.38. The van der Waals surface area contributed by atoms with E-state index in [1.54, 1.807) is 6.07 Å². The molecule has 0 saturated carbocycles. The zero-order chi connectivity index (χ0) is 12.9. The van der Waals surface area contributed by atoms with Crippen molar-refractivity contribution in [1.29, 1.82) is 0 Å². The number of aliphatic hydroxyl groups excluding tert-OH is 1. The number of nitrogens with one attached hydrogen (secondary N) is 1. The topological polar surface area (TPSA) is 65.6 Å². The monoisotopic (exact) mass is 241 g/mol. The summed E-state index contributed by atoms with van der Waals surface area (Å²) in [6, 6.07) is 3.58. The Morgan fingerprint density at radius 2 is 2.00 bits per heavy atom. The van der Waals surface area contributed by atoms with Gasteiger partial charge >= 0.3 is 0 Å². The largest absolute Gasteiger partial charge is 0.462 e. The van der Waals surface area contributed by atoms with E-state index in [4.69, 9.17) is 9.52 Å². The predicted octanol–water partition coefficient (Wildman–Crippen LogP) is 1.66. The first-order chi connectivity index (χ1) is 7.93. The molecule has 1 aromatic heterocycles. The first-order valence-corrected chi connectivity index (χ1v) is 6.04. The van der Waals surface area contributed by atoms with Crippen LogP contribution < -0.4 is 5.32 Å². The molecule has 3 N–H and O–H groups in total. The van der Waals surface area contributed by atoms with Crippen LogP contribution in [0.2, 0.25) is 0 Å². The minimum absolute atomic E-state index is 0.0783. The van der Waals surface area contributed by atoms with Gasteiger partial charge in [-0.3, -0.25) is 0 Å². The van der Waals surface area contributed by atoms with Gasteiger partial charge in [-0.1, -0.05) is 13.8 Å². The second-order valence-corrected chi connectivity index (χ2v) is 5.22. The molecule has 0 aliphatic rings. The van der Waals surface area contributed by atoms with Crippen molar-refractivity contribution in [3.63, 3.8) is 0 Å². The average Bonchev–Trinajstić information content (AvgIpc) is 2.63. The third-order valence-corrected chi connectivity index (χ3v) is 2.53. The molecule has 1 unspecified atom stereocenters. The van der Waals surface area contributed by atoms with E-state index in [2.05, 4.69) is 19.2 Å². The van der Waals surface area contributed by atoms with Gasteiger partial charge in [0.15, 0.2) is 0 Å². The predicted molar refractivity (Wildman–Crippen MR) is 66.4 cm³/mol. The standard InChI is InChI=1S/C13H23NO3/c1-10(2)6-13(3,16)9-14-7-11-4-5-12(8-15)17-11/h4-5,10,14-16H,6-9H2,1-3H3. The highest BCUT2D eigenvalue weighted by atomic mass is 16.4. The summed E-state index contributed by atoms with van der Waals surface area (Å²) in [7, 11) is 0. The van der Waals surface area contributed by atoms with Crippen molar-refractivity contribution in [2.45, 2.75) is 45.9 Å². The van der Waals surface area contributed by atoms with E-state index in [0.717, 1.165) is 12.2 Å². The van der Waals surface area contributed by atoms with Crippen molar-refractivity contribution >= 4 is 0 Å². The smallest absolute Gasteiger partial charge is 0.129 e. The summed E-state index contributed by atoms with van der Waals surface area (Å²) in [6.45, 7) is 7.03. The molecule has 0 amide bonds. The van der Waals surface area contributed by atoms with Gasteiger partial charge in [-0.15, -0.1) is 0 Å². The van der Waals surface area contributed by atoms with Gasteiger partial charge < -0.3 is 19.9 Å². The molecular weight excluding hydrogens is 218 g/mol. The van der Waals surface area contributed by atoms with Crippen molar-refractivity contribution in [3.05, 3.63) is 23.7 Å². The maximum atomic E-state index is 10.1. The normalized spacial score (nSPS) is 15.2. The van der Waals surface area contributed by atoms with Gasteiger partial charge in [-0.25, -0.2) is 0 Å². The van der Waals surface area contributed by atoms with Gasteiger partial charge in [0.1, 0.15) is 18.1 Å². The summed E-state index contributed by atoms with van der Waals surface area (Å²) < 4.78 is 5.33. The van der Waals surface area contributed by atoms with E-state index in [1.807, 2.05) is 13.0 Å². The number of aliphatic hydroxyl groups is 2. The Morgan fingerprint density at radius 1 is 1.35 bits per heavy atom. The molecule has 1 atom stereocenters. The molecule has 1 heterocycles. The Balaban J connectivity index is 2.31. The van der Waals surface area contributed by atoms with Crippen LogP contribution in [0.4, 0.5) is 0 Å². The summed E-state index contributed by atoms with van der Waals surface area (Å²) in [5, 5.41) is 22.1. The molecule has 0 aliphatic heterocycles. The summed E-state index contributed by atoms with van der Waals surface area (Å²) in [5.74, 6) is 1.81. The molecule has 1 rings (SSSR count). The molecule has 4 heteroatoms. The average molecular weight is 241 g/mol. The molecule has 0 saturated heterocycles. The maximum Gasteiger partial charge on any atom is 0.129 e. The molecule has 1 aromatic rings. The highest BCUT2D eigenvalue weighted by molar-refractivity contribution is 5.06. The lowest BCUT2D eigenvalue weighted by atomic mass is 9.94. The van der Waals surface area contributed by atoms with Gasteiger partial charge in [0.25, 0.3) is 0 Å². The number of rotatable bonds is 7. The second kappa shape index (κ2) is 6.19. The van der Waals surface area contributed by atoms with Crippen molar-refractivity contribution in [1.82, 2.24) is 5.32 Å². The van der Waals surface area contributed by atoms with Crippen LogP contribution >= 0.6 is 0 Å². The van der Waals surface area contributed by atoms with Crippen LogP contribution in [0.15, 0.2) is 16.5 Å². The van der Waals surface area contributed by atoms with Gasteiger partial charge in [0, 0.05) is 6.54 Å². The quantitative estimate of drug-likeness (QED) is 0.679. The minimum Gasteiger partial charge on any atom is -0.462 e. The third kappa shape index (κ3) is 5.35. The Labute approximate surface area is 103 Å². The summed E-state index contributed by atoms with van der Waals surface area (Å²) >= 11 is 0. The summed E-state index contributed by atoms with van der Waals surface area (Å²) in [4.78, 5) is 0. The highest BCUT2D eigenvalue weighted by Gasteiger charge is 2.21. The zero-order valence-corrected chi connectivity index (χ0v) is 10.9. The molecule has 0 aliphatic carbocycles. The van der Waals surface area contributed by atoms with Gasteiger partial charge in [0.2, 0.25) is 0 Å². The third-order valence-electron chi connectivity index (χ3n) is 2.53. The molecular formula is C13H23NO3. The first kappa shape index (κ1) is 14.2. The molecule has 0 fully saturated rings. The second-order valence-electron chi connectivity index (χ2n) is 5.22. The van der Waals surface area contributed by atoms with E-state index < -0.39 is 5.60 Å². The molecule has 4 nitrogen and oxygen atoms in total. The van der Waals surface area contributed by atoms with Crippen LogP contribution in [-0.4, -0.2) is 22.4 Å². The van der Waals surface area contributed by atoms with E-state index in [9.17, 15) is 5.11 Å². The number of furan rings is 1. The Hall–Kier alpha value is -0.840. The van der Waals surface area contributed by atoms with Crippen molar-refractivity contribution < 1.29 is 14.6 Å². The highest BCUT2D eigenvalue weighted by Crippen LogP contribution is 2.15. The molecule has 98 valence electrons. The van der Waals surface area contributed by atoms with Crippen LogP contribution in [0.25, 0.3) is 0 Å². The van der Waals surface area contributed by atoms with Crippen LogP contribution in [0.3, 0.4) is 0 Å². The van der Waals surface area contributed by atoms with E-state index >= 15 is 0 Å². The fraction of sp³-hybridized carbons (Fsp3) is 0.692. The lowest BCUT2D eigenvalue weighted by molar-refractivity contribution is 0.0379. The van der Waals surface area contributed by atoms with Crippen LogP contribution in [0.5, 0.6) is 0 Å². The molecule has 17 heavy (non-hydrogen) atoms. The van der Waals surface area contributed by atoms with Crippen LogP contribution in [-0.2, 0) is 13.2 Å². The van der Waals surface area contributed by atoms with Crippen molar-refractivity contribution in [2.75, 3.05) is 6.54 Å². The van der Waals surface area contributed by atoms with E-state index in [1.165, 1.54) is 0 Å². The Morgan fingerprint density at radius 3 is 2.53 bits per heavy atom. The molecule has 0 radical (unpaired) electrons. The zero-order valence-electron chi connectivity index (χ0n) is 10.9. The Kier molecular flexibility index (Phi) is 5.18. The number of hydrogen-bond donors (Lipinski definition) is 3. The van der Waals surface area contributed by atoms with Gasteiger partial charge in [-0.05, 0) is 31.4 Å². The minimum atomic E-state index is -0.694. The van der Waals surface area contributed by atoms with Gasteiger partial charge in [0.05, 0.1) is 12.1 Å². The van der Waals surface area contributed by atoms with Crippen LogP contribution in [0, 0.1) is 5.92 Å². The SMILES string of the molecule is CC(C)CC(C)(O)CNCc1ccc(CO)o1. The van der Waals surface area contributed by atoms with Crippen molar-refractivity contribution in [2.24, 2.45) is 5.92 Å². The molecule has 0 spiro atoms. The van der Waals surface area contributed by atoms with Gasteiger partial charge in [-0.2, -0.15) is 0 Å². The fourth-order valence-electron chi connectivity index (χ4n) is 2.01. The van der Waals surface area contributed by atoms with E-state index in [0.29, 0.717) is 24.8 Å². The molecule has 0 bridgehead atoms. The Bertz CT molecular complexity index is 331. The summed E-state index contributed by atoms with van der Waals surface area (Å²) in [6.07, 6.45) is 0.764. The maximum absolute atomic E-state index is 10.1. The van der Waals surface area contributed by atoms with Crippen molar-refractivity contribution in [3.8, 4) is 0 Å². The fourth-order valence-corrected chi connectivity index (χ4v) is 2.01. The first-order valence-electron chi connectivity index (χ1n) is 6.04. The van der Waals surface area contributed by atoms with Crippen LogP contribution in [0.1, 0.15) is 38.7 Å². The van der Waals surface area contributed by atoms with E-state index in [-0.39, 0.29) is 6.61 Å². The lowest BCUT2D eigenvalue weighted by Gasteiger charge is -2.25. The summed E-state index contributed by atoms with van der Waals surface area (Å²) in [5.41, 5.74) is -0.694. The molecule has 0 aromatic carbocycles. The number of hydrogen-bond acceptors (Lipinski definition) is 4.